The Morgan fingerprint density at radius 2 is 1.76 bits per heavy atom. The first kappa shape index (κ1) is 19.8. The second kappa shape index (κ2) is 6.45. The lowest BCUT2D eigenvalue weighted by molar-refractivity contribution is -0.198. The molecule has 0 radical (unpaired) electrons. The molecule has 1 aromatic rings. The lowest BCUT2D eigenvalue weighted by Gasteiger charge is -2.57. The molecule has 5 rings (SSSR count). The van der Waals surface area contributed by atoms with Gasteiger partial charge in [0.1, 0.15) is 11.2 Å². The van der Waals surface area contributed by atoms with E-state index in [1.165, 1.54) is 4.31 Å². The number of hydrogen-bond donors (Lipinski definition) is 0. The van der Waals surface area contributed by atoms with Crippen molar-refractivity contribution in [2.75, 3.05) is 39.4 Å². The van der Waals surface area contributed by atoms with Crippen molar-refractivity contribution >= 4 is 10.0 Å². The Morgan fingerprint density at radius 3 is 2.31 bits per heavy atom. The molecule has 6 nitrogen and oxygen atoms in total. The molecule has 29 heavy (non-hydrogen) atoms. The Hall–Kier alpha value is -1.10. The fourth-order valence-electron chi connectivity index (χ4n) is 5.54. The number of nitrogens with zero attached hydrogens (tertiary/aromatic N) is 2. The molecule has 4 aliphatic rings. The summed E-state index contributed by atoms with van der Waals surface area (Å²) in [6.45, 7) is 4.65. The summed E-state index contributed by atoms with van der Waals surface area (Å²) >= 11 is 0. The number of halogens is 3. The van der Waals surface area contributed by atoms with Gasteiger partial charge in [0.05, 0.1) is 13.2 Å². The monoisotopic (exact) mass is 434 g/mol. The van der Waals surface area contributed by atoms with Crippen LogP contribution in [-0.4, -0.2) is 63.1 Å². The van der Waals surface area contributed by atoms with Crippen LogP contribution in [0.25, 0.3) is 0 Å². The lowest BCUT2D eigenvalue weighted by atomic mass is 9.75. The van der Waals surface area contributed by atoms with Gasteiger partial charge in [-0.05, 0) is 37.5 Å². The van der Waals surface area contributed by atoms with E-state index >= 15 is 0 Å². The molecule has 4 heterocycles. The Bertz CT molecular complexity index is 878. The van der Waals surface area contributed by atoms with Crippen molar-refractivity contribution in [3.05, 3.63) is 18.1 Å². The van der Waals surface area contributed by atoms with E-state index in [-0.39, 0.29) is 5.41 Å². The van der Waals surface area contributed by atoms with Crippen molar-refractivity contribution in [2.24, 2.45) is 10.8 Å². The number of piperidine rings is 1. The molecule has 3 aliphatic heterocycles. The van der Waals surface area contributed by atoms with Gasteiger partial charge >= 0.3 is 6.18 Å². The quantitative estimate of drug-likeness (QED) is 0.732. The van der Waals surface area contributed by atoms with Crippen molar-refractivity contribution in [1.82, 2.24) is 9.21 Å². The van der Waals surface area contributed by atoms with E-state index in [0.717, 1.165) is 58.4 Å². The molecule has 0 N–H and O–H groups in total. The molecular formula is C19H25F3N2O4S. The Morgan fingerprint density at radius 1 is 1.07 bits per heavy atom. The van der Waals surface area contributed by atoms with Crippen LogP contribution in [0.15, 0.2) is 21.6 Å². The van der Waals surface area contributed by atoms with Crippen molar-refractivity contribution in [1.29, 1.82) is 0 Å². The van der Waals surface area contributed by atoms with E-state index in [1.54, 1.807) is 0 Å². The second-order valence-electron chi connectivity index (χ2n) is 9.34. The summed E-state index contributed by atoms with van der Waals surface area (Å²) in [5, 5.41) is 0. The number of likely N-dealkylation sites (tertiary alicyclic amines) is 1. The first-order valence-electron chi connectivity index (χ1n) is 10.1. The van der Waals surface area contributed by atoms with Crippen LogP contribution in [0, 0.1) is 10.8 Å². The Balaban J connectivity index is 1.20. The van der Waals surface area contributed by atoms with E-state index in [4.69, 9.17) is 4.74 Å². The van der Waals surface area contributed by atoms with Crippen molar-refractivity contribution in [2.45, 2.75) is 49.2 Å². The highest BCUT2D eigenvalue weighted by molar-refractivity contribution is 7.89. The molecule has 162 valence electrons. The third-order valence-electron chi connectivity index (χ3n) is 7.36. The van der Waals surface area contributed by atoms with Crippen LogP contribution in [0.1, 0.15) is 37.9 Å². The first-order valence-corrected chi connectivity index (χ1v) is 11.5. The van der Waals surface area contributed by atoms with Gasteiger partial charge in [-0.15, -0.1) is 0 Å². The smallest absolute Gasteiger partial charge is 0.449 e. The number of alkyl halides is 3. The Kier molecular flexibility index (Phi) is 4.41. The maximum absolute atomic E-state index is 12.7. The van der Waals surface area contributed by atoms with Crippen LogP contribution in [0.4, 0.5) is 13.2 Å². The average molecular weight is 434 g/mol. The summed E-state index contributed by atoms with van der Waals surface area (Å²) < 4.78 is 74.8. The van der Waals surface area contributed by atoms with Gasteiger partial charge in [-0.3, -0.25) is 4.90 Å². The molecular weight excluding hydrogens is 409 g/mol. The summed E-state index contributed by atoms with van der Waals surface area (Å²) in [6.07, 6.45) is 0.832. The van der Waals surface area contributed by atoms with Crippen LogP contribution >= 0.6 is 0 Å². The fraction of sp³-hybridized carbons (Fsp3) is 0.789. The minimum Gasteiger partial charge on any atom is -0.458 e. The van der Waals surface area contributed by atoms with Crippen LogP contribution in [-0.2, 0) is 20.9 Å². The third-order valence-corrected chi connectivity index (χ3v) is 9.22. The second-order valence-corrected chi connectivity index (χ2v) is 11.3. The van der Waals surface area contributed by atoms with E-state index in [0.29, 0.717) is 36.9 Å². The van der Waals surface area contributed by atoms with Gasteiger partial charge in [0.15, 0.2) is 0 Å². The number of hydrogen-bond acceptors (Lipinski definition) is 5. The maximum Gasteiger partial charge on any atom is 0.449 e. The number of ether oxygens (including phenoxy) is 1. The normalized spacial score (nSPS) is 29.8. The van der Waals surface area contributed by atoms with Crippen LogP contribution in [0.5, 0.6) is 0 Å². The maximum atomic E-state index is 12.7. The van der Waals surface area contributed by atoms with Gasteiger partial charge < -0.3 is 9.15 Å². The molecule has 0 bridgehead atoms. The highest BCUT2D eigenvalue weighted by Gasteiger charge is 2.53. The molecule has 2 spiro atoms. The van der Waals surface area contributed by atoms with Gasteiger partial charge in [0, 0.05) is 43.7 Å². The average Bonchev–Trinajstić information content (AvgIpc) is 3.21. The first-order chi connectivity index (χ1) is 13.6. The van der Waals surface area contributed by atoms with Crippen molar-refractivity contribution in [3.8, 4) is 0 Å². The molecule has 1 atom stereocenters. The van der Waals surface area contributed by atoms with Gasteiger partial charge in [-0.25, -0.2) is 8.42 Å². The predicted octanol–water partition coefficient (Wildman–Crippen LogP) is 2.95. The Labute approximate surface area is 168 Å². The van der Waals surface area contributed by atoms with Crippen LogP contribution in [0.3, 0.4) is 0 Å². The molecule has 1 unspecified atom stereocenters. The van der Waals surface area contributed by atoms with Gasteiger partial charge in [-0.1, -0.05) is 0 Å². The molecule has 4 fully saturated rings. The molecule has 1 saturated carbocycles. The molecule has 3 saturated heterocycles. The highest BCUT2D eigenvalue weighted by atomic mass is 32.2. The molecule has 0 amide bonds. The summed E-state index contributed by atoms with van der Waals surface area (Å²) in [5.41, 5.74) is 0.552. The topological polar surface area (TPSA) is 63.0 Å². The lowest BCUT2D eigenvalue weighted by Crippen LogP contribution is -2.67. The molecule has 1 aliphatic carbocycles. The zero-order valence-electron chi connectivity index (χ0n) is 16.1. The summed E-state index contributed by atoms with van der Waals surface area (Å²) in [4.78, 5) is 2.13. The third kappa shape index (κ3) is 3.32. The number of furan rings is 1. The number of rotatable bonds is 3. The number of sulfonamides is 1. The molecule has 0 aromatic carbocycles. The SMILES string of the molecule is O=S(=O)(c1coc(C(F)(F)F)c1)N1CCC2(CCC(N3CC4(COC4)C3)C2)CC1. The van der Waals surface area contributed by atoms with Gasteiger partial charge in [0.2, 0.25) is 15.8 Å². The predicted molar refractivity (Wildman–Crippen MR) is 96.6 cm³/mol. The largest absolute Gasteiger partial charge is 0.458 e. The molecule has 10 heteroatoms. The minimum absolute atomic E-state index is 0.156. The summed E-state index contributed by atoms with van der Waals surface area (Å²) in [6, 6.07) is 1.14. The van der Waals surface area contributed by atoms with E-state index < -0.39 is 26.9 Å². The molecule has 1 aromatic heterocycles. The van der Waals surface area contributed by atoms with Crippen molar-refractivity contribution in [3.63, 3.8) is 0 Å². The minimum atomic E-state index is -4.69. The van der Waals surface area contributed by atoms with Gasteiger partial charge in [0.25, 0.3) is 0 Å². The summed E-state index contributed by atoms with van der Waals surface area (Å²) in [7, 11) is -3.97. The van der Waals surface area contributed by atoms with Crippen molar-refractivity contribution < 1.29 is 30.7 Å². The van der Waals surface area contributed by atoms with Gasteiger partial charge in [-0.2, -0.15) is 17.5 Å². The zero-order valence-corrected chi connectivity index (χ0v) is 16.9. The van der Waals surface area contributed by atoms with E-state index in [9.17, 15) is 21.6 Å². The van der Waals surface area contributed by atoms with E-state index in [1.807, 2.05) is 0 Å². The van der Waals surface area contributed by atoms with E-state index in [2.05, 4.69) is 9.32 Å². The summed E-state index contributed by atoms with van der Waals surface area (Å²) in [5.74, 6) is -1.28. The standard InChI is InChI=1S/C19H25F3N2O4S/c20-19(21,22)16-7-15(9-28-16)29(25,26)24-5-3-17(4-6-24)2-1-14(8-17)23-10-18(11-23)12-27-13-18/h7,9,14H,1-6,8,10-13H2. The van der Waals surface area contributed by atoms with Crippen LogP contribution in [0.2, 0.25) is 0 Å². The highest BCUT2D eigenvalue weighted by Crippen LogP contribution is 2.51. The fourth-order valence-corrected chi connectivity index (χ4v) is 6.93. The zero-order chi connectivity index (χ0) is 20.5. The van der Waals surface area contributed by atoms with Crippen LogP contribution < -0.4 is 0 Å².